The molecule has 4 N–H and O–H groups in total. The number of nitrogen functional groups attached to an aromatic ring is 1. The van der Waals surface area contributed by atoms with Gasteiger partial charge in [0, 0.05) is 13.3 Å². The number of aromatic nitrogens is 3. The van der Waals surface area contributed by atoms with Gasteiger partial charge in [-0.3, -0.25) is 4.99 Å². The fourth-order valence-corrected chi connectivity index (χ4v) is 4.76. The van der Waals surface area contributed by atoms with Crippen LogP contribution in [0.15, 0.2) is 23.5 Å². The highest BCUT2D eigenvalue weighted by atomic mass is 16.7. The number of rotatable bonds is 5. The predicted molar refractivity (Wildman–Crippen MR) is 119 cm³/mol. The van der Waals surface area contributed by atoms with Crippen LogP contribution in [0.3, 0.4) is 0 Å². The maximum atomic E-state index is 12.4. The summed E-state index contributed by atoms with van der Waals surface area (Å²) >= 11 is 0. The molecule has 4 atom stereocenters. The molecule has 11 nitrogen and oxygen atoms in total. The van der Waals surface area contributed by atoms with Gasteiger partial charge in [-0.2, -0.15) is 5.10 Å². The SMILES string of the molecule is CN=C[C@@]1(c2ccc3c(N)ncnn23)O[C@H](COC(=O)OC2(C)CCCCCC2)[C@@H](O)[C@H]1O. The lowest BCUT2D eigenvalue weighted by Gasteiger charge is -2.28. The Labute approximate surface area is 191 Å². The topological polar surface area (TPSA) is 154 Å². The number of carbonyl (C=O) groups is 1. The summed E-state index contributed by atoms with van der Waals surface area (Å²) in [4.78, 5) is 20.4. The lowest BCUT2D eigenvalue weighted by molar-refractivity contribution is -0.0786. The molecule has 1 aliphatic carbocycles. The van der Waals surface area contributed by atoms with Crippen LogP contribution >= 0.6 is 0 Å². The van der Waals surface area contributed by atoms with Crippen LogP contribution in [-0.2, 0) is 19.8 Å². The number of nitrogens with two attached hydrogens (primary N) is 1. The van der Waals surface area contributed by atoms with Crippen molar-refractivity contribution in [2.75, 3.05) is 19.4 Å². The third kappa shape index (κ3) is 4.40. The number of nitrogens with zero attached hydrogens (tertiary/aromatic N) is 4. The summed E-state index contributed by atoms with van der Waals surface area (Å²) in [5.74, 6) is 0.252. The van der Waals surface area contributed by atoms with Crippen molar-refractivity contribution in [1.82, 2.24) is 14.6 Å². The zero-order valence-corrected chi connectivity index (χ0v) is 18.9. The van der Waals surface area contributed by atoms with E-state index in [-0.39, 0.29) is 12.4 Å². The minimum absolute atomic E-state index is 0.252. The van der Waals surface area contributed by atoms with E-state index in [9.17, 15) is 15.0 Å². The normalized spacial score (nSPS) is 29.9. The van der Waals surface area contributed by atoms with Crippen LogP contribution < -0.4 is 5.73 Å². The zero-order chi connectivity index (χ0) is 23.6. The lowest BCUT2D eigenvalue weighted by atomic mass is 9.92. The van der Waals surface area contributed by atoms with E-state index in [0.717, 1.165) is 38.5 Å². The molecule has 2 aromatic rings. The quantitative estimate of drug-likeness (QED) is 0.342. The first-order chi connectivity index (χ1) is 15.8. The molecular weight excluding hydrogens is 430 g/mol. The summed E-state index contributed by atoms with van der Waals surface area (Å²) in [7, 11) is 1.53. The first kappa shape index (κ1) is 23.4. The molecule has 0 aromatic carbocycles. The van der Waals surface area contributed by atoms with Crippen molar-refractivity contribution >= 4 is 23.7 Å². The first-order valence-electron chi connectivity index (χ1n) is 11.2. The summed E-state index contributed by atoms with van der Waals surface area (Å²) in [6, 6.07) is 3.36. The number of hydrogen-bond acceptors (Lipinski definition) is 10. The Hall–Kier alpha value is -2.76. The maximum Gasteiger partial charge on any atom is 0.508 e. The third-order valence-electron chi connectivity index (χ3n) is 6.55. The Bertz CT molecular complexity index is 1020. The Morgan fingerprint density at radius 1 is 1.33 bits per heavy atom. The maximum absolute atomic E-state index is 12.4. The molecule has 3 heterocycles. The second-order valence-corrected chi connectivity index (χ2v) is 8.96. The number of anilines is 1. The van der Waals surface area contributed by atoms with Crippen LogP contribution in [0.4, 0.5) is 10.6 Å². The number of aliphatic hydroxyl groups is 2. The molecule has 2 fully saturated rings. The largest absolute Gasteiger partial charge is 0.508 e. The van der Waals surface area contributed by atoms with Crippen molar-refractivity contribution in [3.05, 3.63) is 24.2 Å². The van der Waals surface area contributed by atoms with Gasteiger partial charge in [0.05, 0.1) is 5.69 Å². The molecule has 180 valence electrons. The monoisotopic (exact) mass is 461 g/mol. The van der Waals surface area contributed by atoms with E-state index in [0.29, 0.717) is 11.2 Å². The van der Waals surface area contributed by atoms with Gasteiger partial charge in [0.2, 0.25) is 0 Å². The number of aliphatic hydroxyl groups excluding tert-OH is 2. The number of ether oxygens (including phenoxy) is 3. The van der Waals surface area contributed by atoms with Crippen molar-refractivity contribution in [3.8, 4) is 0 Å². The van der Waals surface area contributed by atoms with Crippen LogP contribution in [0.2, 0.25) is 0 Å². The van der Waals surface area contributed by atoms with E-state index >= 15 is 0 Å². The molecule has 1 aliphatic heterocycles. The molecule has 33 heavy (non-hydrogen) atoms. The first-order valence-corrected chi connectivity index (χ1v) is 11.2. The Morgan fingerprint density at radius 3 is 2.76 bits per heavy atom. The average Bonchev–Trinajstić information content (AvgIpc) is 3.23. The van der Waals surface area contributed by atoms with Gasteiger partial charge >= 0.3 is 6.16 Å². The van der Waals surface area contributed by atoms with E-state index in [1.54, 1.807) is 12.1 Å². The summed E-state index contributed by atoms with van der Waals surface area (Å²) < 4.78 is 18.5. The Morgan fingerprint density at radius 2 is 2.06 bits per heavy atom. The molecule has 0 radical (unpaired) electrons. The average molecular weight is 462 g/mol. The van der Waals surface area contributed by atoms with Crippen LogP contribution in [0, 0.1) is 0 Å². The van der Waals surface area contributed by atoms with Crippen LogP contribution in [0.5, 0.6) is 0 Å². The van der Waals surface area contributed by atoms with Crippen molar-refractivity contribution in [2.24, 2.45) is 4.99 Å². The zero-order valence-electron chi connectivity index (χ0n) is 18.9. The van der Waals surface area contributed by atoms with Gasteiger partial charge in [-0.15, -0.1) is 0 Å². The van der Waals surface area contributed by atoms with E-state index in [1.807, 2.05) is 6.92 Å². The molecular formula is C22H31N5O6. The predicted octanol–water partition coefficient (Wildman–Crippen LogP) is 1.59. The van der Waals surface area contributed by atoms with Crippen LogP contribution in [0.25, 0.3) is 5.52 Å². The molecule has 0 bridgehead atoms. The number of fused-ring (bicyclic) bond motifs is 1. The fourth-order valence-electron chi connectivity index (χ4n) is 4.76. The smallest absolute Gasteiger partial charge is 0.431 e. The minimum atomic E-state index is -1.54. The number of hydrogen-bond donors (Lipinski definition) is 3. The molecule has 1 saturated carbocycles. The van der Waals surface area contributed by atoms with Crippen molar-refractivity contribution in [3.63, 3.8) is 0 Å². The van der Waals surface area contributed by atoms with E-state index in [4.69, 9.17) is 19.9 Å². The Balaban J connectivity index is 1.51. The summed E-state index contributed by atoms with van der Waals surface area (Å²) in [6.45, 7) is 1.62. The van der Waals surface area contributed by atoms with Gasteiger partial charge in [0.25, 0.3) is 0 Å². The van der Waals surface area contributed by atoms with Crippen molar-refractivity contribution in [2.45, 2.75) is 75.0 Å². The summed E-state index contributed by atoms with van der Waals surface area (Å²) in [5.41, 5.74) is 4.74. The molecule has 4 rings (SSSR count). The highest BCUT2D eigenvalue weighted by molar-refractivity contribution is 5.75. The third-order valence-corrected chi connectivity index (χ3v) is 6.55. The molecule has 11 heteroatoms. The molecule has 2 aromatic heterocycles. The Kier molecular flexibility index (Phi) is 6.55. The number of aliphatic imine (C=N–C) groups is 1. The van der Waals surface area contributed by atoms with Crippen molar-refractivity contribution < 1.29 is 29.2 Å². The van der Waals surface area contributed by atoms with Gasteiger partial charge in [0.1, 0.15) is 42.4 Å². The van der Waals surface area contributed by atoms with Gasteiger partial charge in [-0.25, -0.2) is 14.3 Å². The van der Waals surface area contributed by atoms with Crippen LogP contribution in [-0.4, -0.2) is 74.7 Å². The van der Waals surface area contributed by atoms with Crippen molar-refractivity contribution in [1.29, 1.82) is 0 Å². The lowest BCUT2D eigenvalue weighted by Crippen LogP contribution is -2.43. The second kappa shape index (κ2) is 9.24. The second-order valence-electron chi connectivity index (χ2n) is 8.96. The summed E-state index contributed by atoms with van der Waals surface area (Å²) in [6.07, 6.45) is 3.90. The summed E-state index contributed by atoms with van der Waals surface area (Å²) in [5, 5.41) is 25.9. The molecule has 2 aliphatic rings. The highest BCUT2D eigenvalue weighted by Crippen LogP contribution is 2.40. The van der Waals surface area contributed by atoms with Gasteiger partial charge in [-0.05, 0) is 44.7 Å². The van der Waals surface area contributed by atoms with Crippen LogP contribution in [0.1, 0.15) is 51.1 Å². The van der Waals surface area contributed by atoms with Gasteiger partial charge in [0.15, 0.2) is 11.4 Å². The van der Waals surface area contributed by atoms with E-state index in [1.165, 1.54) is 24.1 Å². The number of carbonyl (C=O) groups excluding carboxylic acids is 1. The molecule has 0 unspecified atom stereocenters. The minimum Gasteiger partial charge on any atom is -0.431 e. The molecule has 0 amide bonds. The van der Waals surface area contributed by atoms with E-state index < -0.39 is 35.7 Å². The van der Waals surface area contributed by atoms with Gasteiger partial charge < -0.3 is 30.2 Å². The molecule has 1 saturated heterocycles. The van der Waals surface area contributed by atoms with Gasteiger partial charge in [-0.1, -0.05) is 12.8 Å². The fraction of sp³-hybridized carbons (Fsp3) is 0.636. The highest BCUT2D eigenvalue weighted by Gasteiger charge is 2.56. The van der Waals surface area contributed by atoms with E-state index in [2.05, 4.69) is 15.1 Å². The standard InChI is InChI=1S/C22H31N5O6/c1-21(9-5-3-4-6-10-21)33-20(30)31-11-15-17(28)18(29)22(32-15,12-24-2)16-8-7-14-19(23)25-13-26-27(14)16/h7-8,12-13,15,17-18,28-29H,3-6,9-11H2,1-2H3,(H2,23,25,26)/t15-,17-,18-,22+/m1/s1. The molecule has 0 spiro atoms.